The molecule has 102 valence electrons. The summed E-state index contributed by atoms with van der Waals surface area (Å²) in [5, 5.41) is 12.4. The van der Waals surface area contributed by atoms with Crippen LogP contribution >= 0.6 is 0 Å². The first-order valence-electron chi connectivity index (χ1n) is 6.12. The van der Waals surface area contributed by atoms with Crippen molar-refractivity contribution in [3.63, 3.8) is 0 Å². The maximum atomic E-state index is 13.1. The number of phenolic OH excluding ortho intramolecular Hbond substituents is 1. The molecule has 2 N–H and O–H groups in total. The van der Waals surface area contributed by atoms with Gasteiger partial charge in [-0.2, -0.15) is 0 Å². The topological polar surface area (TPSA) is 41.5 Å². The molecule has 1 aromatic carbocycles. The third kappa shape index (κ3) is 5.02. The van der Waals surface area contributed by atoms with E-state index >= 15 is 0 Å². The smallest absolute Gasteiger partial charge is 0.165 e. The highest BCUT2D eigenvalue weighted by molar-refractivity contribution is 5.27. The Labute approximate surface area is 108 Å². The fourth-order valence-electron chi connectivity index (χ4n) is 1.67. The van der Waals surface area contributed by atoms with Gasteiger partial charge >= 0.3 is 0 Å². The van der Waals surface area contributed by atoms with Crippen LogP contribution in [0.5, 0.6) is 5.75 Å². The molecular weight excluding hydrogens is 233 g/mol. The molecule has 1 rings (SSSR count). The van der Waals surface area contributed by atoms with E-state index in [9.17, 15) is 4.39 Å². The molecule has 0 bridgehead atoms. The number of aromatic hydroxyl groups is 1. The lowest BCUT2D eigenvalue weighted by atomic mass is 9.89. The number of ether oxygens (including phenoxy) is 1. The van der Waals surface area contributed by atoms with Crippen LogP contribution in [0.4, 0.5) is 4.39 Å². The maximum Gasteiger partial charge on any atom is 0.165 e. The highest BCUT2D eigenvalue weighted by Crippen LogP contribution is 2.19. The first-order valence-corrected chi connectivity index (χ1v) is 6.12. The van der Waals surface area contributed by atoms with Crippen LogP contribution in [0.2, 0.25) is 0 Å². The minimum Gasteiger partial charge on any atom is -0.505 e. The Kier molecular flexibility index (Phi) is 5.56. The largest absolute Gasteiger partial charge is 0.505 e. The maximum absolute atomic E-state index is 13.1. The average molecular weight is 255 g/mol. The van der Waals surface area contributed by atoms with Gasteiger partial charge in [-0.25, -0.2) is 4.39 Å². The fraction of sp³-hybridized carbons (Fsp3) is 0.571. The molecule has 0 aromatic heterocycles. The summed E-state index contributed by atoms with van der Waals surface area (Å²) < 4.78 is 18.2. The molecule has 0 radical (unpaired) electrons. The highest BCUT2D eigenvalue weighted by atomic mass is 19.1. The molecule has 4 heteroatoms. The Morgan fingerprint density at radius 3 is 2.72 bits per heavy atom. The summed E-state index contributed by atoms with van der Waals surface area (Å²) in [5.41, 5.74) is 0.971. The quantitative estimate of drug-likeness (QED) is 0.787. The van der Waals surface area contributed by atoms with Crippen molar-refractivity contribution < 1.29 is 14.2 Å². The van der Waals surface area contributed by atoms with E-state index in [1.807, 2.05) is 0 Å². The predicted octanol–water partition coefficient (Wildman–Crippen LogP) is 2.68. The van der Waals surface area contributed by atoms with Gasteiger partial charge in [-0.05, 0) is 29.5 Å². The van der Waals surface area contributed by atoms with Crippen LogP contribution in [0, 0.1) is 11.2 Å². The molecule has 0 aliphatic carbocycles. The standard InChI is InChI=1S/C14H22FNO2/c1-14(2,6-7-18-3)10-16-9-11-4-5-13(17)12(15)8-11/h4-5,8,16-17H,6-7,9-10H2,1-3H3. The van der Waals surface area contributed by atoms with Crippen LogP contribution in [0.1, 0.15) is 25.8 Å². The summed E-state index contributed by atoms with van der Waals surface area (Å²) in [7, 11) is 1.70. The molecule has 0 saturated carbocycles. The number of hydrogen-bond donors (Lipinski definition) is 2. The van der Waals surface area contributed by atoms with Crippen molar-refractivity contribution in [2.75, 3.05) is 20.3 Å². The lowest BCUT2D eigenvalue weighted by molar-refractivity contribution is 0.150. The zero-order valence-corrected chi connectivity index (χ0v) is 11.3. The number of methoxy groups -OCH3 is 1. The van der Waals surface area contributed by atoms with Crippen molar-refractivity contribution in [1.29, 1.82) is 0 Å². The fourth-order valence-corrected chi connectivity index (χ4v) is 1.67. The van der Waals surface area contributed by atoms with E-state index in [4.69, 9.17) is 9.84 Å². The van der Waals surface area contributed by atoms with Crippen LogP contribution in [0.15, 0.2) is 18.2 Å². The molecular formula is C14H22FNO2. The third-order valence-corrected chi connectivity index (χ3v) is 2.93. The molecule has 1 aromatic rings. The van der Waals surface area contributed by atoms with Crippen LogP contribution in [-0.4, -0.2) is 25.4 Å². The number of rotatable bonds is 7. The Morgan fingerprint density at radius 1 is 1.39 bits per heavy atom. The summed E-state index contributed by atoms with van der Waals surface area (Å²) in [4.78, 5) is 0. The van der Waals surface area contributed by atoms with E-state index < -0.39 is 5.82 Å². The monoisotopic (exact) mass is 255 g/mol. The van der Waals surface area contributed by atoms with Crippen molar-refractivity contribution in [2.24, 2.45) is 5.41 Å². The number of phenols is 1. The van der Waals surface area contributed by atoms with Gasteiger partial charge in [0.2, 0.25) is 0 Å². The van der Waals surface area contributed by atoms with Crippen molar-refractivity contribution in [1.82, 2.24) is 5.32 Å². The van der Waals surface area contributed by atoms with Crippen LogP contribution in [0.25, 0.3) is 0 Å². The van der Waals surface area contributed by atoms with Crippen molar-refractivity contribution in [3.05, 3.63) is 29.6 Å². The minimum atomic E-state index is -0.576. The number of halogens is 1. The van der Waals surface area contributed by atoms with Crippen molar-refractivity contribution >= 4 is 0 Å². The second-order valence-electron chi connectivity index (χ2n) is 5.30. The molecule has 0 amide bonds. The van der Waals surface area contributed by atoms with E-state index in [-0.39, 0.29) is 11.2 Å². The molecule has 0 fully saturated rings. The van der Waals surface area contributed by atoms with Gasteiger partial charge in [-0.3, -0.25) is 0 Å². The summed E-state index contributed by atoms with van der Waals surface area (Å²) >= 11 is 0. The zero-order valence-electron chi connectivity index (χ0n) is 11.3. The SMILES string of the molecule is COCCC(C)(C)CNCc1ccc(O)c(F)c1. The van der Waals surface area contributed by atoms with Crippen LogP contribution in [-0.2, 0) is 11.3 Å². The van der Waals surface area contributed by atoms with Crippen molar-refractivity contribution in [2.45, 2.75) is 26.8 Å². The summed E-state index contributed by atoms with van der Waals surface area (Å²) in [6, 6.07) is 4.44. The first kappa shape index (κ1) is 14.9. The van der Waals surface area contributed by atoms with Gasteiger partial charge in [0.05, 0.1) is 0 Å². The summed E-state index contributed by atoms with van der Waals surface area (Å²) in [6.07, 6.45) is 0.973. The number of nitrogens with one attached hydrogen (secondary N) is 1. The summed E-state index contributed by atoms with van der Waals surface area (Å²) in [5.74, 6) is -0.882. The van der Waals surface area contributed by atoms with Crippen molar-refractivity contribution in [3.8, 4) is 5.75 Å². The Balaban J connectivity index is 2.39. The zero-order chi connectivity index (χ0) is 13.6. The molecule has 0 atom stereocenters. The molecule has 0 heterocycles. The van der Waals surface area contributed by atoms with Gasteiger partial charge in [0.15, 0.2) is 11.6 Å². The van der Waals surface area contributed by atoms with Crippen LogP contribution < -0.4 is 5.32 Å². The molecule has 3 nitrogen and oxygen atoms in total. The Hall–Kier alpha value is -1.13. The molecule has 18 heavy (non-hydrogen) atoms. The van der Waals surface area contributed by atoms with E-state index in [0.717, 1.165) is 25.1 Å². The van der Waals surface area contributed by atoms with E-state index in [1.54, 1.807) is 13.2 Å². The van der Waals surface area contributed by atoms with E-state index in [1.165, 1.54) is 12.1 Å². The van der Waals surface area contributed by atoms with Gasteiger partial charge in [-0.15, -0.1) is 0 Å². The summed E-state index contributed by atoms with van der Waals surface area (Å²) in [6.45, 7) is 6.49. The van der Waals surface area contributed by atoms with Gasteiger partial charge < -0.3 is 15.2 Å². The van der Waals surface area contributed by atoms with Crippen LogP contribution in [0.3, 0.4) is 0 Å². The third-order valence-electron chi connectivity index (χ3n) is 2.93. The second kappa shape index (κ2) is 6.71. The molecule has 0 spiro atoms. The average Bonchev–Trinajstić information content (AvgIpc) is 2.31. The molecule has 0 unspecified atom stereocenters. The predicted molar refractivity (Wildman–Crippen MR) is 70.0 cm³/mol. The molecule has 0 aliphatic rings. The van der Waals surface area contributed by atoms with Gasteiger partial charge in [0, 0.05) is 26.8 Å². The van der Waals surface area contributed by atoms with Gasteiger partial charge in [0.1, 0.15) is 0 Å². The van der Waals surface area contributed by atoms with Gasteiger partial charge in [-0.1, -0.05) is 19.9 Å². The molecule has 0 saturated heterocycles. The normalized spacial score (nSPS) is 11.8. The lowest BCUT2D eigenvalue weighted by Crippen LogP contribution is -2.30. The molecule has 0 aliphatic heterocycles. The number of hydrogen-bond acceptors (Lipinski definition) is 3. The second-order valence-corrected chi connectivity index (χ2v) is 5.30. The van der Waals surface area contributed by atoms with E-state index in [0.29, 0.717) is 6.54 Å². The Bertz CT molecular complexity index is 380. The lowest BCUT2D eigenvalue weighted by Gasteiger charge is -2.24. The highest BCUT2D eigenvalue weighted by Gasteiger charge is 2.16. The Morgan fingerprint density at radius 2 is 2.11 bits per heavy atom. The first-order chi connectivity index (χ1) is 8.44. The minimum absolute atomic E-state index is 0.144. The van der Waals surface area contributed by atoms with Gasteiger partial charge in [0.25, 0.3) is 0 Å². The van der Waals surface area contributed by atoms with E-state index in [2.05, 4.69) is 19.2 Å². The number of benzene rings is 1.